The molecule has 3 aromatic carbocycles. The number of hydrogen-bond acceptors (Lipinski definition) is 4. The first-order valence-corrected chi connectivity index (χ1v) is 11.8. The van der Waals surface area contributed by atoms with Crippen LogP contribution in [0.5, 0.6) is 5.75 Å². The maximum absolute atomic E-state index is 13.7. The van der Waals surface area contributed by atoms with Gasteiger partial charge >= 0.3 is 0 Å². The molecule has 0 fully saturated rings. The fraction of sp³-hybridized carbons (Fsp3) is 0.259. The average molecular weight is 445 g/mol. The summed E-state index contributed by atoms with van der Waals surface area (Å²) in [6, 6.07) is 21.7. The lowest BCUT2D eigenvalue weighted by molar-refractivity contribution is 0.0984. The third kappa shape index (κ3) is 5.00. The summed E-state index contributed by atoms with van der Waals surface area (Å²) in [5, 5.41) is 0.708. The molecule has 0 aliphatic rings. The van der Waals surface area contributed by atoms with Crippen LogP contribution in [0.15, 0.2) is 66.7 Å². The van der Waals surface area contributed by atoms with E-state index in [0.29, 0.717) is 23.8 Å². The van der Waals surface area contributed by atoms with Gasteiger partial charge in [-0.2, -0.15) is 0 Å². The highest BCUT2D eigenvalue weighted by Crippen LogP contribution is 2.34. The molecule has 0 radical (unpaired) electrons. The minimum Gasteiger partial charge on any atom is -0.494 e. The smallest absolute Gasteiger partial charge is 0.260 e. The van der Waals surface area contributed by atoms with Crippen molar-refractivity contribution in [2.75, 3.05) is 11.5 Å². The van der Waals surface area contributed by atoms with E-state index in [2.05, 4.69) is 32.9 Å². The lowest BCUT2D eigenvalue weighted by atomic mass is 10.1. The van der Waals surface area contributed by atoms with E-state index in [1.807, 2.05) is 54.6 Å². The van der Waals surface area contributed by atoms with E-state index in [-0.39, 0.29) is 5.91 Å². The molecule has 0 unspecified atom stereocenters. The van der Waals surface area contributed by atoms with Crippen molar-refractivity contribution in [1.82, 2.24) is 4.98 Å². The first kappa shape index (κ1) is 22.0. The quantitative estimate of drug-likeness (QED) is 0.276. The van der Waals surface area contributed by atoms with E-state index < -0.39 is 0 Å². The normalized spacial score (nSPS) is 11.0. The van der Waals surface area contributed by atoms with E-state index >= 15 is 0 Å². The molecule has 1 heterocycles. The Morgan fingerprint density at radius 3 is 2.62 bits per heavy atom. The van der Waals surface area contributed by atoms with Crippen molar-refractivity contribution in [2.45, 2.75) is 40.2 Å². The Bertz CT molecular complexity index is 1220. The number of aromatic nitrogens is 1. The zero-order chi connectivity index (χ0) is 22.5. The molecule has 0 saturated heterocycles. The topological polar surface area (TPSA) is 42.4 Å². The summed E-state index contributed by atoms with van der Waals surface area (Å²) in [5.74, 6) is 0.642. The van der Waals surface area contributed by atoms with Gasteiger partial charge in [0.25, 0.3) is 5.91 Å². The number of aryl methyl sites for hydroxylation is 2. The second kappa shape index (κ2) is 9.96. The maximum Gasteiger partial charge on any atom is 0.260 e. The van der Waals surface area contributed by atoms with Crippen molar-refractivity contribution in [3.63, 3.8) is 0 Å². The molecule has 4 rings (SSSR count). The number of carbonyl (C=O) groups excluding carboxylic acids is 1. The Kier molecular flexibility index (Phi) is 6.86. The molecule has 0 aliphatic carbocycles. The van der Waals surface area contributed by atoms with Gasteiger partial charge in [0.05, 0.1) is 23.4 Å². The summed E-state index contributed by atoms with van der Waals surface area (Å²) in [7, 11) is 0. The largest absolute Gasteiger partial charge is 0.494 e. The van der Waals surface area contributed by atoms with Crippen molar-refractivity contribution in [3.8, 4) is 5.75 Å². The summed E-state index contributed by atoms with van der Waals surface area (Å²) < 4.78 is 6.95. The fourth-order valence-corrected chi connectivity index (χ4v) is 4.70. The van der Waals surface area contributed by atoms with E-state index in [4.69, 9.17) is 9.72 Å². The number of rotatable bonds is 8. The predicted octanol–water partition coefficient (Wildman–Crippen LogP) is 6.94. The van der Waals surface area contributed by atoms with Gasteiger partial charge in [0, 0.05) is 5.56 Å². The van der Waals surface area contributed by atoms with Crippen LogP contribution in [-0.4, -0.2) is 17.5 Å². The second-order valence-electron chi connectivity index (χ2n) is 8.03. The number of carbonyl (C=O) groups is 1. The van der Waals surface area contributed by atoms with Gasteiger partial charge in [-0.15, -0.1) is 0 Å². The number of anilines is 1. The van der Waals surface area contributed by atoms with Crippen molar-refractivity contribution in [2.24, 2.45) is 0 Å². The highest BCUT2D eigenvalue weighted by molar-refractivity contribution is 7.22. The number of amides is 1. The van der Waals surface area contributed by atoms with Crippen LogP contribution in [-0.2, 0) is 6.54 Å². The van der Waals surface area contributed by atoms with Crippen LogP contribution in [0.1, 0.15) is 46.8 Å². The second-order valence-corrected chi connectivity index (χ2v) is 9.01. The Hall–Kier alpha value is -3.18. The fourth-order valence-electron chi connectivity index (χ4n) is 3.68. The van der Waals surface area contributed by atoms with Gasteiger partial charge in [-0.25, -0.2) is 4.98 Å². The Balaban J connectivity index is 1.71. The molecule has 1 amide bonds. The minimum absolute atomic E-state index is 0.0803. The molecule has 0 N–H and O–H groups in total. The molecular weight excluding hydrogens is 416 g/mol. The van der Waals surface area contributed by atoms with Gasteiger partial charge in [0.2, 0.25) is 0 Å². The van der Waals surface area contributed by atoms with Crippen molar-refractivity contribution < 1.29 is 9.53 Å². The molecule has 0 saturated carbocycles. The molecule has 1 aromatic heterocycles. The van der Waals surface area contributed by atoms with Gasteiger partial charge in [-0.05, 0) is 61.2 Å². The van der Waals surface area contributed by atoms with Crippen molar-refractivity contribution in [3.05, 3.63) is 89.0 Å². The Morgan fingerprint density at radius 1 is 1.03 bits per heavy atom. The van der Waals surface area contributed by atoms with Crippen LogP contribution in [0.25, 0.3) is 10.2 Å². The maximum atomic E-state index is 13.7. The summed E-state index contributed by atoms with van der Waals surface area (Å²) in [5.41, 5.74) is 4.95. The van der Waals surface area contributed by atoms with Crippen LogP contribution in [0, 0.1) is 13.8 Å². The first-order valence-electron chi connectivity index (χ1n) is 11.0. The van der Waals surface area contributed by atoms with Crippen LogP contribution < -0.4 is 9.64 Å². The number of unbranched alkanes of at least 4 members (excludes halogenated alkanes) is 1. The molecule has 0 aliphatic heterocycles. The molecule has 0 atom stereocenters. The lowest BCUT2D eigenvalue weighted by Crippen LogP contribution is -2.30. The molecule has 4 aromatic rings. The summed E-state index contributed by atoms with van der Waals surface area (Å²) in [4.78, 5) is 20.3. The number of hydrogen-bond donors (Lipinski definition) is 0. The predicted molar refractivity (Wildman–Crippen MR) is 133 cm³/mol. The van der Waals surface area contributed by atoms with E-state index in [1.54, 1.807) is 16.2 Å². The Labute approximate surface area is 193 Å². The third-order valence-corrected chi connectivity index (χ3v) is 6.55. The van der Waals surface area contributed by atoms with Crippen molar-refractivity contribution >= 4 is 32.6 Å². The number of ether oxygens (including phenoxy) is 1. The summed E-state index contributed by atoms with van der Waals surface area (Å²) in [6.07, 6.45) is 2.06. The molecule has 0 bridgehead atoms. The first-order chi connectivity index (χ1) is 15.5. The molecule has 164 valence electrons. The third-order valence-electron chi connectivity index (χ3n) is 5.32. The molecular formula is C27H28N2O2S. The Morgan fingerprint density at radius 2 is 1.84 bits per heavy atom. The molecule has 4 nitrogen and oxygen atoms in total. The van der Waals surface area contributed by atoms with Gasteiger partial charge in [0.1, 0.15) is 5.75 Å². The van der Waals surface area contributed by atoms with E-state index in [0.717, 1.165) is 34.4 Å². The number of fused-ring (bicyclic) bond motifs is 1. The monoisotopic (exact) mass is 444 g/mol. The highest BCUT2D eigenvalue weighted by atomic mass is 32.1. The summed E-state index contributed by atoms with van der Waals surface area (Å²) in [6.45, 7) is 7.41. The van der Waals surface area contributed by atoms with Crippen LogP contribution in [0.4, 0.5) is 5.13 Å². The zero-order valence-electron chi connectivity index (χ0n) is 18.8. The van der Waals surface area contributed by atoms with Crippen LogP contribution in [0.3, 0.4) is 0 Å². The van der Waals surface area contributed by atoms with Gasteiger partial charge in [-0.3, -0.25) is 9.69 Å². The average Bonchev–Trinajstić information content (AvgIpc) is 3.22. The number of nitrogens with zero attached hydrogens (tertiary/aromatic N) is 2. The number of benzene rings is 3. The highest BCUT2D eigenvalue weighted by Gasteiger charge is 2.22. The van der Waals surface area contributed by atoms with Crippen LogP contribution in [0.2, 0.25) is 0 Å². The standard InChI is InChI=1S/C27H28N2O2S/c1-4-5-14-31-23-13-9-12-22(17-23)26(30)29(18-21-10-7-6-8-11-21)27-28-24-16-19(2)15-20(3)25(24)32-27/h6-13,15-17H,4-5,14,18H2,1-3H3. The van der Waals surface area contributed by atoms with Gasteiger partial charge in [-0.1, -0.05) is 67.1 Å². The SMILES string of the molecule is CCCCOc1cccc(C(=O)N(Cc2ccccc2)c2nc3cc(C)cc(C)c3s2)c1. The molecule has 0 spiro atoms. The van der Waals surface area contributed by atoms with Gasteiger partial charge < -0.3 is 4.74 Å². The molecule has 32 heavy (non-hydrogen) atoms. The van der Waals surface area contributed by atoms with Crippen molar-refractivity contribution in [1.29, 1.82) is 0 Å². The van der Waals surface area contributed by atoms with E-state index in [1.165, 1.54) is 11.1 Å². The zero-order valence-corrected chi connectivity index (χ0v) is 19.6. The summed E-state index contributed by atoms with van der Waals surface area (Å²) >= 11 is 1.57. The number of thiazole rings is 1. The lowest BCUT2D eigenvalue weighted by Gasteiger charge is -2.20. The van der Waals surface area contributed by atoms with E-state index in [9.17, 15) is 4.79 Å². The minimum atomic E-state index is -0.0803. The van der Waals surface area contributed by atoms with Gasteiger partial charge in [0.15, 0.2) is 5.13 Å². The molecule has 5 heteroatoms. The van der Waals surface area contributed by atoms with Crippen LogP contribution >= 0.6 is 11.3 Å².